The molecule has 0 radical (unpaired) electrons. The van der Waals surface area contributed by atoms with Crippen molar-refractivity contribution in [2.75, 3.05) is 13.2 Å². The van der Waals surface area contributed by atoms with E-state index < -0.39 is 69.6 Å². The fourth-order valence-electron chi connectivity index (χ4n) is 3.23. The summed E-state index contributed by atoms with van der Waals surface area (Å²) in [5, 5.41) is 41.9. The third kappa shape index (κ3) is 10.5. The highest BCUT2D eigenvalue weighted by Gasteiger charge is 2.43. The second kappa shape index (κ2) is 12.7. The number of nitrogens with one attached hydrogen (secondary N) is 1. The lowest BCUT2D eigenvalue weighted by Crippen LogP contribution is -2.52. The summed E-state index contributed by atoms with van der Waals surface area (Å²) in [5.74, 6) is -3.32. The van der Waals surface area contributed by atoms with Gasteiger partial charge >= 0.3 is 6.16 Å². The Morgan fingerprint density at radius 2 is 1.71 bits per heavy atom. The summed E-state index contributed by atoms with van der Waals surface area (Å²) in [6, 6.07) is -0.382. The molecule has 0 spiro atoms. The first-order valence-corrected chi connectivity index (χ1v) is 12.9. The van der Waals surface area contributed by atoms with Crippen LogP contribution < -0.4 is 5.32 Å². The first-order valence-electron chi connectivity index (χ1n) is 10.8. The Labute approximate surface area is 202 Å². The molecule has 0 saturated carbocycles. The second-order valence-electron chi connectivity index (χ2n) is 9.51. The van der Waals surface area contributed by atoms with Crippen LogP contribution >= 0.6 is 0 Å². The molecular formula is C19H34N2O13Si-. The highest BCUT2D eigenvalue weighted by molar-refractivity contribution is 6.56. The van der Waals surface area contributed by atoms with E-state index in [9.17, 15) is 39.6 Å². The molecule has 15 nitrogen and oxygen atoms in total. The zero-order valence-electron chi connectivity index (χ0n) is 19.7. The molecule has 1 rings (SSSR count). The fraction of sp³-hybridized carbons (Fsp3) is 0.789. The van der Waals surface area contributed by atoms with E-state index in [-0.39, 0.29) is 35.9 Å². The van der Waals surface area contributed by atoms with Gasteiger partial charge in [-0.2, -0.15) is 0 Å². The minimum Gasteiger partial charge on any atom is -0.539 e. The standard InChI is InChI=1S/C19H34N2O13Si/c1-19(2,3)8-10-7-12(23)21(17(10)28)34-18(29)33-9-11(22)13(24)14(25)15(26)16(27)20-5-4-6-35(30,31)32/h10-11,13-15,22,24-26,30-32H,4-9H2,1-3H3,(H,20,27)/q-1. The summed E-state index contributed by atoms with van der Waals surface area (Å²) in [4.78, 5) is 79.1. The van der Waals surface area contributed by atoms with Crippen molar-refractivity contribution in [2.24, 2.45) is 11.3 Å². The van der Waals surface area contributed by atoms with Crippen molar-refractivity contribution in [3.05, 3.63) is 0 Å². The molecule has 1 fully saturated rings. The van der Waals surface area contributed by atoms with Crippen LogP contribution in [0, 0.1) is 11.3 Å². The van der Waals surface area contributed by atoms with Gasteiger partial charge in [0, 0.05) is 13.0 Å². The minimum absolute atomic E-state index is 0.0512. The summed E-state index contributed by atoms with van der Waals surface area (Å²) in [6.45, 7) is 4.44. The van der Waals surface area contributed by atoms with E-state index in [0.29, 0.717) is 6.42 Å². The number of carbonyl (C=O) groups excluding carboxylic acids is 4. The van der Waals surface area contributed by atoms with Gasteiger partial charge in [-0.1, -0.05) is 38.3 Å². The largest absolute Gasteiger partial charge is 0.539 e. The molecule has 203 valence electrons. The predicted molar refractivity (Wildman–Crippen MR) is 115 cm³/mol. The highest BCUT2D eigenvalue weighted by Crippen LogP contribution is 2.32. The summed E-state index contributed by atoms with van der Waals surface area (Å²) >= 11 is 0. The third-order valence-electron chi connectivity index (χ3n) is 4.92. The van der Waals surface area contributed by atoms with Crippen LogP contribution in [0.25, 0.3) is 0 Å². The fourth-order valence-corrected chi connectivity index (χ4v) is 3.88. The number of carbonyl (C=O) groups is 4. The number of amides is 3. The SMILES string of the molecule is CC(C)(C)CC1CC(=O)N(OC(=O)OCC(O)C(O)C(O)C(O)C(=O)NCCC[Si-](O)(O)O)C1=O. The molecule has 1 saturated heterocycles. The lowest BCUT2D eigenvalue weighted by Gasteiger charge is -2.26. The van der Waals surface area contributed by atoms with Crippen molar-refractivity contribution >= 4 is 32.7 Å². The van der Waals surface area contributed by atoms with Crippen LogP contribution in [-0.4, -0.2) is 110 Å². The molecule has 0 aromatic carbocycles. The monoisotopic (exact) mass is 526 g/mol. The van der Waals surface area contributed by atoms with E-state index in [1.54, 1.807) is 0 Å². The molecule has 16 heteroatoms. The smallest absolute Gasteiger partial charge is 0.534 e. The molecule has 8 N–H and O–H groups in total. The minimum atomic E-state index is -4.29. The van der Waals surface area contributed by atoms with E-state index >= 15 is 0 Å². The Hall–Kier alpha value is -2.18. The van der Waals surface area contributed by atoms with Crippen molar-refractivity contribution in [3.63, 3.8) is 0 Å². The maximum atomic E-state index is 12.3. The summed E-state index contributed by atoms with van der Waals surface area (Å²) in [6.07, 6.45) is -9.97. The van der Waals surface area contributed by atoms with Crippen molar-refractivity contribution < 1.29 is 63.6 Å². The van der Waals surface area contributed by atoms with Crippen LogP contribution in [0.3, 0.4) is 0 Å². The van der Waals surface area contributed by atoms with Gasteiger partial charge < -0.3 is 44.9 Å². The van der Waals surface area contributed by atoms with Crippen LogP contribution in [0.5, 0.6) is 0 Å². The summed E-state index contributed by atoms with van der Waals surface area (Å²) < 4.78 is 4.54. The third-order valence-corrected chi connectivity index (χ3v) is 5.94. The molecule has 0 bridgehead atoms. The molecule has 0 aromatic heterocycles. The van der Waals surface area contributed by atoms with Gasteiger partial charge in [-0.3, -0.25) is 19.2 Å². The topological polar surface area (TPSA) is 244 Å². The number of hydroxylamine groups is 2. The van der Waals surface area contributed by atoms with Crippen molar-refractivity contribution in [2.45, 2.75) is 70.5 Å². The lowest BCUT2D eigenvalue weighted by atomic mass is 9.84. The van der Waals surface area contributed by atoms with Crippen molar-refractivity contribution in [3.8, 4) is 0 Å². The van der Waals surface area contributed by atoms with Crippen LogP contribution in [-0.2, 0) is 24.0 Å². The van der Waals surface area contributed by atoms with Crippen LogP contribution in [0.1, 0.15) is 40.0 Å². The van der Waals surface area contributed by atoms with Gasteiger partial charge in [-0.15, -0.1) is 0 Å². The molecule has 0 aliphatic carbocycles. The zero-order chi connectivity index (χ0) is 27.1. The Balaban J connectivity index is 2.48. The van der Waals surface area contributed by atoms with Crippen LogP contribution in [0.2, 0.25) is 6.04 Å². The predicted octanol–water partition coefficient (Wildman–Crippen LogP) is -3.27. The summed E-state index contributed by atoms with van der Waals surface area (Å²) in [5.41, 5.74) is -0.259. The molecule has 0 aromatic rings. The quantitative estimate of drug-likeness (QED) is 0.0539. The first-order chi connectivity index (χ1) is 15.9. The summed E-state index contributed by atoms with van der Waals surface area (Å²) in [7, 11) is -4.29. The van der Waals surface area contributed by atoms with E-state index in [2.05, 4.69) is 14.9 Å². The molecule has 35 heavy (non-hydrogen) atoms. The maximum Gasteiger partial charge on any atom is 0.534 e. The molecule has 5 unspecified atom stereocenters. The number of aliphatic hydroxyl groups is 4. The molecule has 1 heterocycles. The van der Waals surface area contributed by atoms with E-state index in [0.717, 1.165) is 0 Å². The van der Waals surface area contributed by atoms with E-state index in [4.69, 9.17) is 14.4 Å². The maximum absolute atomic E-state index is 12.3. The number of rotatable bonds is 12. The van der Waals surface area contributed by atoms with Gasteiger partial charge in [0.15, 0.2) is 6.10 Å². The van der Waals surface area contributed by atoms with Crippen LogP contribution in [0.4, 0.5) is 4.79 Å². The zero-order valence-corrected chi connectivity index (χ0v) is 20.7. The van der Waals surface area contributed by atoms with Crippen LogP contribution in [0.15, 0.2) is 0 Å². The van der Waals surface area contributed by atoms with Gasteiger partial charge in [-0.05, 0) is 11.8 Å². The normalized spacial score (nSPS) is 20.3. The second-order valence-corrected chi connectivity index (χ2v) is 11.6. The molecule has 5 atom stereocenters. The Morgan fingerprint density at radius 3 is 2.26 bits per heavy atom. The van der Waals surface area contributed by atoms with E-state index in [1.807, 2.05) is 20.8 Å². The first kappa shape index (κ1) is 30.8. The Kier molecular flexibility index (Phi) is 11.2. The number of aliphatic hydroxyl groups excluding tert-OH is 4. The van der Waals surface area contributed by atoms with Gasteiger partial charge in [0.05, 0.1) is 5.92 Å². The molecule has 1 aliphatic rings. The number of ether oxygens (including phenoxy) is 1. The van der Waals surface area contributed by atoms with E-state index in [1.165, 1.54) is 0 Å². The number of nitrogens with zero attached hydrogens (tertiary/aromatic N) is 1. The number of hydrogen-bond acceptors (Lipinski definition) is 13. The van der Waals surface area contributed by atoms with Crippen molar-refractivity contribution in [1.29, 1.82) is 0 Å². The van der Waals surface area contributed by atoms with Gasteiger partial charge in [0.2, 0.25) is 0 Å². The molecular weight excluding hydrogens is 492 g/mol. The van der Waals surface area contributed by atoms with Gasteiger partial charge in [0.25, 0.3) is 26.5 Å². The number of imide groups is 1. The van der Waals surface area contributed by atoms with Crippen molar-refractivity contribution in [1.82, 2.24) is 10.4 Å². The Morgan fingerprint density at radius 1 is 1.11 bits per heavy atom. The Bertz CT molecular complexity index is 767. The lowest BCUT2D eigenvalue weighted by molar-refractivity contribution is -0.180. The highest BCUT2D eigenvalue weighted by atomic mass is 28.4. The molecule has 3 amide bonds. The average molecular weight is 527 g/mol. The number of hydrogen-bond donors (Lipinski definition) is 8. The van der Waals surface area contributed by atoms with Gasteiger partial charge in [-0.25, -0.2) is 4.79 Å². The molecule has 1 aliphatic heterocycles. The average Bonchev–Trinajstić information content (AvgIpc) is 2.98. The van der Waals surface area contributed by atoms with Gasteiger partial charge in [0.1, 0.15) is 24.9 Å².